The van der Waals surface area contributed by atoms with Gasteiger partial charge >= 0.3 is 18.2 Å². The molecule has 1 aliphatic carbocycles. The standard InChI is InChI=1S/C26H22F3NO4/c27-26(28,29)23-12-6-1-7-16(23)13-17(14-24(31)32)30-25(33)34-15-22-20-10-4-2-8-18(20)19-9-3-5-11-21(19)22/h1-12,17,22H,13-15H2,(H,30,33)(H,31,32). The number of alkyl halides is 3. The van der Waals surface area contributed by atoms with E-state index in [1.807, 2.05) is 48.5 Å². The fraction of sp³-hybridized carbons (Fsp3) is 0.231. The molecule has 34 heavy (non-hydrogen) atoms. The van der Waals surface area contributed by atoms with E-state index in [2.05, 4.69) is 5.32 Å². The molecule has 176 valence electrons. The minimum Gasteiger partial charge on any atom is -0.481 e. The van der Waals surface area contributed by atoms with Crippen molar-refractivity contribution in [3.8, 4) is 11.1 Å². The van der Waals surface area contributed by atoms with Crippen LogP contribution in [-0.4, -0.2) is 29.8 Å². The van der Waals surface area contributed by atoms with Crippen molar-refractivity contribution in [3.63, 3.8) is 0 Å². The fourth-order valence-electron chi connectivity index (χ4n) is 4.43. The third-order valence-electron chi connectivity index (χ3n) is 5.88. The first-order valence-electron chi connectivity index (χ1n) is 10.7. The van der Waals surface area contributed by atoms with Gasteiger partial charge in [0, 0.05) is 12.0 Å². The molecule has 0 spiro atoms. The van der Waals surface area contributed by atoms with Crippen LogP contribution >= 0.6 is 0 Å². The van der Waals surface area contributed by atoms with Gasteiger partial charge < -0.3 is 15.2 Å². The Kier molecular flexibility index (Phi) is 6.58. The van der Waals surface area contributed by atoms with Gasteiger partial charge in [-0.2, -0.15) is 13.2 Å². The zero-order valence-corrected chi connectivity index (χ0v) is 18.0. The summed E-state index contributed by atoms with van der Waals surface area (Å²) in [6, 6.07) is 19.4. The van der Waals surface area contributed by atoms with E-state index in [0.29, 0.717) is 0 Å². The number of amides is 1. The number of carboxylic acid groups (broad SMARTS) is 1. The van der Waals surface area contributed by atoms with Crippen LogP contribution in [-0.2, 0) is 22.1 Å². The van der Waals surface area contributed by atoms with Crippen molar-refractivity contribution in [1.82, 2.24) is 5.32 Å². The molecule has 0 aromatic heterocycles. The van der Waals surface area contributed by atoms with E-state index in [1.54, 1.807) is 0 Å². The highest BCUT2D eigenvalue weighted by molar-refractivity contribution is 5.79. The van der Waals surface area contributed by atoms with E-state index in [-0.39, 0.29) is 24.5 Å². The topological polar surface area (TPSA) is 75.6 Å². The Labute approximate surface area is 194 Å². The average molecular weight is 469 g/mol. The Balaban J connectivity index is 1.46. The number of ether oxygens (including phenoxy) is 1. The molecule has 1 unspecified atom stereocenters. The van der Waals surface area contributed by atoms with Gasteiger partial charge in [0.25, 0.3) is 0 Å². The minimum absolute atomic E-state index is 0.0127. The zero-order chi connectivity index (χ0) is 24.3. The quantitative estimate of drug-likeness (QED) is 0.470. The lowest BCUT2D eigenvalue weighted by Gasteiger charge is -2.20. The Morgan fingerprint density at radius 1 is 0.912 bits per heavy atom. The highest BCUT2D eigenvalue weighted by Gasteiger charge is 2.34. The van der Waals surface area contributed by atoms with Crippen molar-refractivity contribution in [2.45, 2.75) is 31.0 Å². The number of alkyl carbamates (subject to hydrolysis) is 1. The number of carbonyl (C=O) groups excluding carboxylic acids is 1. The SMILES string of the molecule is O=C(O)CC(Cc1ccccc1C(F)(F)F)NC(=O)OCC1c2ccccc2-c2ccccc21. The third kappa shape index (κ3) is 5.06. The van der Waals surface area contributed by atoms with Crippen LogP contribution in [0.3, 0.4) is 0 Å². The second-order valence-corrected chi connectivity index (χ2v) is 8.12. The van der Waals surface area contributed by atoms with Crippen LogP contribution in [0, 0.1) is 0 Å². The number of carboxylic acids is 1. The second kappa shape index (κ2) is 9.59. The molecule has 3 aromatic rings. The van der Waals surface area contributed by atoms with Crippen molar-refractivity contribution in [2.75, 3.05) is 6.61 Å². The number of halogens is 3. The predicted molar refractivity (Wildman–Crippen MR) is 119 cm³/mol. The normalized spacial score (nSPS) is 13.6. The molecule has 5 nitrogen and oxygen atoms in total. The molecule has 0 aliphatic heterocycles. The van der Waals surface area contributed by atoms with Gasteiger partial charge in [-0.15, -0.1) is 0 Å². The summed E-state index contributed by atoms with van der Waals surface area (Å²) in [6.07, 6.45) is -6.31. The fourth-order valence-corrected chi connectivity index (χ4v) is 4.43. The van der Waals surface area contributed by atoms with Crippen LogP contribution in [0.5, 0.6) is 0 Å². The van der Waals surface area contributed by atoms with E-state index in [9.17, 15) is 27.9 Å². The molecule has 1 aliphatic rings. The number of hydrogen-bond acceptors (Lipinski definition) is 3. The number of hydrogen-bond donors (Lipinski definition) is 2. The summed E-state index contributed by atoms with van der Waals surface area (Å²) in [6.45, 7) is 0.0127. The summed E-state index contributed by atoms with van der Waals surface area (Å²) in [5.74, 6) is -1.43. The molecule has 0 saturated heterocycles. The molecule has 0 bridgehead atoms. The van der Waals surface area contributed by atoms with Crippen LogP contribution in [0.4, 0.5) is 18.0 Å². The van der Waals surface area contributed by atoms with Gasteiger partial charge in [0.1, 0.15) is 6.61 Å². The zero-order valence-electron chi connectivity index (χ0n) is 18.0. The Morgan fingerprint density at radius 3 is 2.06 bits per heavy atom. The van der Waals surface area contributed by atoms with Crippen molar-refractivity contribution in [1.29, 1.82) is 0 Å². The summed E-state index contributed by atoms with van der Waals surface area (Å²) in [4.78, 5) is 23.8. The average Bonchev–Trinajstić information content (AvgIpc) is 3.11. The highest BCUT2D eigenvalue weighted by Crippen LogP contribution is 2.44. The van der Waals surface area contributed by atoms with Gasteiger partial charge in [0.15, 0.2) is 0 Å². The maximum absolute atomic E-state index is 13.3. The summed E-state index contributed by atoms with van der Waals surface area (Å²) >= 11 is 0. The second-order valence-electron chi connectivity index (χ2n) is 8.12. The van der Waals surface area contributed by atoms with E-state index >= 15 is 0 Å². The maximum Gasteiger partial charge on any atom is 0.416 e. The van der Waals surface area contributed by atoms with Crippen LogP contribution in [0.1, 0.15) is 34.6 Å². The Morgan fingerprint density at radius 2 is 1.47 bits per heavy atom. The summed E-state index contributed by atoms with van der Waals surface area (Å²) in [7, 11) is 0. The van der Waals surface area contributed by atoms with Crippen molar-refractivity contribution in [3.05, 3.63) is 95.1 Å². The van der Waals surface area contributed by atoms with E-state index in [0.717, 1.165) is 28.3 Å². The first-order chi connectivity index (χ1) is 16.2. The summed E-state index contributed by atoms with van der Waals surface area (Å²) in [5, 5.41) is 11.6. The smallest absolute Gasteiger partial charge is 0.416 e. The molecule has 0 fully saturated rings. The molecule has 8 heteroatoms. The van der Waals surface area contributed by atoms with Crippen molar-refractivity contribution in [2.24, 2.45) is 0 Å². The Hall–Kier alpha value is -3.81. The molecule has 4 rings (SSSR count). The van der Waals surface area contributed by atoms with Crippen LogP contribution in [0.25, 0.3) is 11.1 Å². The van der Waals surface area contributed by atoms with Crippen LogP contribution in [0.2, 0.25) is 0 Å². The minimum atomic E-state index is -4.59. The number of carbonyl (C=O) groups is 2. The monoisotopic (exact) mass is 469 g/mol. The number of rotatable bonds is 7. The largest absolute Gasteiger partial charge is 0.481 e. The molecule has 3 aromatic carbocycles. The van der Waals surface area contributed by atoms with Crippen LogP contribution < -0.4 is 5.32 Å². The van der Waals surface area contributed by atoms with Gasteiger partial charge in [0.2, 0.25) is 0 Å². The molecule has 1 amide bonds. The van der Waals surface area contributed by atoms with E-state index < -0.39 is 36.3 Å². The molecule has 0 saturated carbocycles. The highest BCUT2D eigenvalue weighted by atomic mass is 19.4. The van der Waals surface area contributed by atoms with Gasteiger partial charge in [-0.05, 0) is 40.3 Å². The van der Waals surface area contributed by atoms with Crippen molar-refractivity contribution >= 4 is 12.1 Å². The maximum atomic E-state index is 13.3. The summed E-state index contributed by atoms with van der Waals surface area (Å²) < 4.78 is 45.4. The molecule has 2 N–H and O–H groups in total. The molecule has 0 heterocycles. The molecule has 1 atom stereocenters. The third-order valence-corrected chi connectivity index (χ3v) is 5.88. The number of nitrogens with one attached hydrogen (secondary N) is 1. The first kappa shape index (κ1) is 23.4. The van der Waals surface area contributed by atoms with Gasteiger partial charge in [-0.1, -0.05) is 66.7 Å². The lowest BCUT2D eigenvalue weighted by atomic mass is 9.98. The predicted octanol–water partition coefficient (Wildman–Crippen LogP) is 5.63. The number of aliphatic carboxylic acids is 1. The number of fused-ring (bicyclic) bond motifs is 3. The molecule has 0 radical (unpaired) electrons. The van der Waals surface area contributed by atoms with Gasteiger partial charge in [-0.3, -0.25) is 4.79 Å². The van der Waals surface area contributed by atoms with E-state index in [4.69, 9.17) is 4.74 Å². The van der Waals surface area contributed by atoms with E-state index in [1.165, 1.54) is 18.2 Å². The lowest BCUT2D eigenvalue weighted by molar-refractivity contribution is -0.138. The van der Waals surface area contributed by atoms with Crippen molar-refractivity contribution < 1.29 is 32.6 Å². The van der Waals surface area contributed by atoms with Crippen LogP contribution in [0.15, 0.2) is 72.8 Å². The molecular formula is C26H22F3NO4. The summed E-state index contributed by atoms with van der Waals surface area (Å²) in [5.41, 5.74) is 3.18. The molecular weight excluding hydrogens is 447 g/mol. The lowest BCUT2D eigenvalue weighted by Crippen LogP contribution is -2.39. The Bertz CT molecular complexity index is 1160. The first-order valence-corrected chi connectivity index (χ1v) is 10.7. The van der Waals surface area contributed by atoms with Gasteiger partial charge in [-0.25, -0.2) is 4.79 Å². The number of benzene rings is 3. The van der Waals surface area contributed by atoms with Gasteiger partial charge in [0.05, 0.1) is 12.0 Å².